The van der Waals surface area contributed by atoms with Crippen LogP contribution in [-0.4, -0.2) is 25.8 Å². The van der Waals surface area contributed by atoms with Gasteiger partial charge in [0.05, 0.1) is 10.5 Å². The Kier molecular flexibility index (Phi) is 7.43. The number of alkyl halides is 3. The summed E-state index contributed by atoms with van der Waals surface area (Å²) in [6.07, 6.45) is -4.61. The molecule has 2 aromatic rings. The van der Waals surface area contributed by atoms with Crippen molar-refractivity contribution in [3.8, 4) is 0 Å². The molecule has 0 atom stereocenters. The summed E-state index contributed by atoms with van der Waals surface area (Å²) in [7, 11) is -4.09. The van der Waals surface area contributed by atoms with Crippen LogP contribution in [0.2, 0.25) is 0 Å². The maximum atomic E-state index is 12.8. The first kappa shape index (κ1) is 21.4. The molecule has 9 heteroatoms. The number of sulfonamides is 1. The van der Waals surface area contributed by atoms with Crippen molar-refractivity contribution in [1.82, 2.24) is 4.31 Å². The molecule has 0 saturated carbocycles. The first-order valence-corrected chi connectivity index (χ1v) is 8.60. The molecule has 0 aliphatic rings. The fourth-order valence-corrected chi connectivity index (χ4v) is 3.69. The van der Waals surface area contributed by atoms with Crippen LogP contribution in [0.1, 0.15) is 11.1 Å². The lowest BCUT2D eigenvalue weighted by atomic mass is 10.2. The van der Waals surface area contributed by atoms with Gasteiger partial charge in [-0.1, -0.05) is 36.4 Å². The summed E-state index contributed by atoms with van der Waals surface area (Å²) >= 11 is 0. The van der Waals surface area contributed by atoms with Crippen molar-refractivity contribution < 1.29 is 21.6 Å². The molecule has 25 heavy (non-hydrogen) atoms. The normalized spacial score (nSPS) is 12.0. The molecule has 0 aliphatic carbocycles. The molecule has 0 aromatic heterocycles. The van der Waals surface area contributed by atoms with Gasteiger partial charge in [-0.15, -0.1) is 12.4 Å². The molecule has 0 heterocycles. The minimum Gasteiger partial charge on any atom is -0.329 e. The van der Waals surface area contributed by atoms with Crippen molar-refractivity contribution >= 4 is 22.4 Å². The quantitative estimate of drug-likeness (QED) is 0.817. The Morgan fingerprint density at radius 1 is 1.00 bits per heavy atom. The molecule has 0 radical (unpaired) electrons. The third-order valence-corrected chi connectivity index (χ3v) is 5.22. The second-order valence-electron chi connectivity index (χ2n) is 5.14. The Balaban J connectivity index is 0.00000312. The molecular formula is C16H18ClF3N2O2S. The Labute approximate surface area is 150 Å². The number of hydrogen-bond acceptors (Lipinski definition) is 3. The molecule has 2 rings (SSSR count). The predicted octanol–water partition coefficient (Wildman–Crippen LogP) is 3.28. The summed E-state index contributed by atoms with van der Waals surface area (Å²) in [5.74, 6) is 0. The van der Waals surface area contributed by atoms with Gasteiger partial charge in [0.2, 0.25) is 10.0 Å². The number of nitrogens with two attached hydrogens (primary N) is 1. The molecule has 0 spiro atoms. The van der Waals surface area contributed by atoms with Crippen molar-refractivity contribution in [2.24, 2.45) is 5.73 Å². The minimum atomic E-state index is -4.61. The van der Waals surface area contributed by atoms with Crippen LogP contribution in [-0.2, 0) is 22.7 Å². The Hall–Kier alpha value is -1.61. The summed E-state index contributed by atoms with van der Waals surface area (Å²) in [5, 5.41) is 0. The summed E-state index contributed by atoms with van der Waals surface area (Å²) < 4.78 is 65.0. The van der Waals surface area contributed by atoms with Crippen molar-refractivity contribution in [3.05, 3.63) is 65.7 Å². The van der Waals surface area contributed by atoms with Gasteiger partial charge in [-0.3, -0.25) is 0 Å². The summed E-state index contributed by atoms with van der Waals surface area (Å²) in [6, 6.07) is 12.5. The summed E-state index contributed by atoms with van der Waals surface area (Å²) in [5.41, 5.74) is 5.19. The van der Waals surface area contributed by atoms with E-state index in [9.17, 15) is 21.6 Å². The number of hydrogen-bond donors (Lipinski definition) is 1. The summed E-state index contributed by atoms with van der Waals surface area (Å²) in [6.45, 7) is 0.106. The maximum Gasteiger partial charge on any atom is 0.416 e. The number of nitrogens with zero attached hydrogens (tertiary/aromatic N) is 1. The molecule has 0 amide bonds. The highest BCUT2D eigenvalue weighted by atomic mass is 35.5. The lowest BCUT2D eigenvalue weighted by Gasteiger charge is -2.22. The molecule has 0 aliphatic heterocycles. The van der Waals surface area contributed by atoms with E-state index in [1.165, 1.54) is 0 Å². The van der Waals surface area contributed by atoms with Gasteiger partial charge < -0.3 is 5.73 Å². The average molecular weight is 395 g/mol. The predicted molar refractivity (Wildman–Crippen MR) is 91.8 cm³/mol. The van der Waals surface area contributed by atoms with E-state index in [-0.39, 0.29) is 32.0 Å². The molecule has 138 valence electrons. The molecule has 0 saturated heterocycles. The van der Waals surface area contributed by atoms with Gasteiger partial charge >= 0.3 is 6.18 Å². The number of halogens is 4. The van der Waals surface area contributed by atoms with Crippen LogP contribution in [0, 0.1) is 0 Å². The zero-order valence-electron chi connectivity index (χ0n) is 13.1. The molecule has 0 fully saturated rings. The topological polar surface area (TPSA) is 63.4 Å². The highest BCUT2D eigenvalue weighted by Crippen LogP contribution is 2.31. The molecule has 0 bridgehead atoms. The third-order valence-electron chi connectivity index (χ3n) is 3.38. The van der Waals surface area contributed by atoms with Crippen LogP contribution in [0.4, 0.5) is 13.2 Å². The van der Waals surface area contributed by atoms with Gasteiger partial charge in [0.1, 0.15) is 0 Å². The first-order chi connectivity index (χ1) is 11.2. The van der Waals surface area contributed by atoms with E-state index < -0.39 is 26.7 Å². The van der Waals surface area contributed by atoms with Crippen LogP contribution in [0.25, 0.3) is 0 Å². The van der Waals surface area contributed by atoms with Gasteiger partial charge in [-0.2, -0.15) is 17.5 Å². The monoisotopic (exact) mass is 394 g/mol. The number of benzene rings is 2. The third kappa shape index (κ3) is 5.43. The zero-order chi connectivity index (χ0) is 17.8. The fraction of sp³-hybridized carbons (Fsp3) is 0.250. The molecule has 4 nitrogen and oxygen atoms in total. The smallest absolute Gasteiger partial charge is 0.329 e. The average Bonchev–Trinajstić information content (AvgIpc) is 2.55. The lowest BCUT2D eigenvalue weighted by molar-refractivity contribution is -0.137. The number of rotatable bonds is 6. The second kappa shape index (κ2) is 8.66. The highest BCUT2D eigenvalue weighted by molar-refractivity contribution is 7.89. The SMILES string of the molecule is Cl.NCCN(Cc1ccccc1)S(=O)(=O)c1cccc(C(F)(F)F)c1. The van der Waals surface area contributed by atoms with E-state index in [0.29, 0.717) is 6.07 Å². The highest BCUT2D eigenvalue weighted by Gasteiger charge is 2.32. The molecule has 0 unspecified atom stereocenters. The van der Waals surface area contributed by atoms with E-state index in [0.717, 1.165) is 28.1 Å². The van der Waals surface area contributed by atoms with Crippen LogP contribution < -0.4 is 5.73 Å². The van der Waals surface area contributed by atoms with Gasteiger partial charge in [0.25, 0.3) is 0 Å². The van der Waals surface area contributed by atoms with Crippen molar-refractivity contribution in [1.29, 1.82) is 0 Å². The van der Waals surface area contributed by atoms with Crippen molar-refractivity contribution in [2.75, 3.05) is 13.1 Å². The largest absolute Gasteiger partial charge is 0.416 e. The van der Waals surface area contributed by atoms with E-state index in [4.69, 9.17) is 5.73 Å². The second-order valence-corrected chi connectivity index (χ2v) is 7.08. The molecule has 2 N–H and O–H groups in total. The van der Waals surface area contributed by atoms with Crippen molar-refractivity contribution in [3.63, 3.8) is 0 Å². The van der Waals surface area contributed by atoms with E-state index in [2.05, 4.69) is 0 Å². The van der Waals surface area contributed by atoms with Crippen LogP contribution in [0.5, 0.6) is 0 Å². The van der Waals surface area contributed by atoms with Crippen LogP contribution in [0.3, 0.4) is 0 Å². The van der Waals surface area contributed by atoms with E-state index in [1.807, 2.05) is 0 Å². The molecular weight excluding hydrogens is 377 g/mol. The van der Waals surface area contributed by atoms with Crippen molar-refractivity contribution in [2.45, 2.75) is 17.6 Å². The van der Waals surface area contributed by atoms with Crippen LogP contribution >= 0.6 is 12.4 Å². The van der Waals surface area contributed by atoms with Crippen LogP contribution in [0.15, 0.2) is 59.5 Å². The standard InChI is InChI=1S/C16H17F3N2O2S.ClH/c17-16(18,19)14-7-4-8-15(11-14)24(22,23)21(10-9-20)12-13-5-2-1-3-6-13;/h1-8,11H,9-10,12,20H2;1H. The maximum absolute atomic E-state index is 12.8. The van der Waals surface area contributed by atoms with Gasteiger partial charge in [-0.05, 0) is 23.8 Å². The lowest BCUT2D eigenvalue weighted by Crippen LogP contribution is -2.35. The Morgan fingerprint density at radius 3 is 2.20 bits per heavy atom. The minimum absolute atomic E-state index is 0. The zero-order valence-corrected chi connectivity index (χ0v) is 14.7. The first-order valence-electron chi connectivity index (χ1n) is 7.16. The summed E-state index contributed by atoms with van der Waals surface area (Å²) in [4.78, 5) is -0.401. The Morgan fingerprint density at radius 2 is 1.64 bits per heavy atom. The molecule has 2 aromatic carbocycles. The Bertz CT molecular complexity index is 783. The fourth-order valence-electron chi connectivity index (χ4n) is 2.20. The van der Waals surface area contributed by atoms with Gasteiger partial charge in [0, 0.05) is 19.6 Å². The van der Waals surface area contributed by atoms with E-state index in [1.54, 1.807) is 30.3 Å². The van der Waals surface area contributed by atoms with Gasteiger partial charge in [0.15, 0.2) is 0 Å². The van der Waals surface area contributed by atoms with E-state index >= 15 is 0 Å². The van der Waals surface area contributed by atoms with Gasteiger partial charge in [-0.25, -0.2) is 8.42 Å².